The Morgan fingerprint density at radius 3 is 2.72 bits per heavy atom. The molecule has 1 atom stereocenters. The first kappa shape index (κ1) is 23.2. The summed E-state index contributed by atoms with van der Waals surface area (Å²) < 4.78 is 25.1. The van der Waals surface area contributed by atoms with E-state index in [0.717, 1.165) is 31.2 Å². The van der Waals surface area contributed by atoms with Gasteiger partial charge in [-0.15, -0.1) is 0 Å². The number of ether oxygens (including phenoxy) is 2. The molecule has 1 unspecified atom stereocenters. The van der Waals surface area contributed by atoms with Crippen LogP contribution in [0.5, 0.6) is 11.5 Å². The largest absolute Gasteiger partial charge is 0.493 e. The van der Waals surface area contributed by atoms with Crippen LogP contribution in [0.1, 0.15) is 42.7 Å². The summed E-state index contributed by atoms with van der Waals surface area (Å²) in [5, 5.41) is 21.6. The molecule has 1 aliphatic rings. The van der Waals surface area contributed by atoms with Crippen LogP contribution < -0.4 is 20.1 Å². The molecule has 0 radical (unpaired) electrons. The van der Waals surface area contributed by atoms with E-state index in [9.17, 15) is 4.39 Å². The highest BCUT2D eigenvalue weighted by Gasteiger charge is 2.20. The van der Waals surface area contributed by atoms with Gasteiger partial charge in [-0.3, -0.25) is 10.7 Å². The van der Waals surface area contributed by atoms with Gasteiger partial charge in [0.15, 0.2) is 17.7 Å². The van der Waals surface area contributed by atoms with E-state index < -0.39 is 5.82 Å². The van der Waals surface area contributed by atoms with Gasteiger partial charge >= 0.3 is 0 Å². The molecule has 1 aliphatic carbocycles. The van der Waals surface area contributed by atoms with Crippen molar-refractivity contribution in [3.63, 3.8) is 0 Å². The average Bonchev–Trinajstić information content (AvgIpc) is 3.29. The molecule has 6 nitrogen and oxygen atoms in total. The van der Waals surface area contributed by atoms with E-state index in [1.165, 1.54) is 12.1 Å². The Morgan fingerprint density at radius 1 is 1.25 bits per heavy atom. The van der Waals surface area contributed by atoms with Crippen LogP contribution in [0.15, 0.2) is 36.4 Å². The first-order valence-electron chi connectivity index (χ1n) is 10.3. The molecule has 3 N–H and O–H groups in total. The number of nitrogens with one attached hydrogen (secondary N) is 3. The van der Waals surface area contributed by atoms with Crippen LogP contribution in [-0.4, -0.2) is 25.7 Å². The zero-order valence-electron chi connectivity index (χ0n) is 17.7. The van der Waals surface area contributed by atoms with Crippen molar-refractivity contribution in [1.82, 2.24) is 10.6 Å². The molecule has 0 saturated heterocycles. The Labute approximate surface area is 192 Å². The molecule has 2 aromatic rings. The monoisotopic (exact) mass is 454 g/mol. The Balaban J connectivity index is 1.89. The number of methoxy groups -OCH3 is 1. The number of guanidine groups is 1. The molecule has 0 spiro atoms. The number of rotatable bonds is 6. The van der Waals surface area contributed by atoms with Crippen molar-refractivity contribution in [3.8, 4) is 29.5 Å². The van der Waals surface area contributed by atoms with Crippen molar-refractivity contribution in [2.24, 2.45) is 0 Å². The smallest absolute Gasteiger partial charge is 0.201 e. The number of nitriles is 1. The van der Waals surface area contributed by atoms with Crippen LogP contribution in [0, 0.1) is 34.5 Å². The van der Waals surface area contributed by atoms with E-state index >= 15 is 0 Å². The van der Waals surface area contributed by atoms with Crippen LogP contribution in [0.25, 0.3) is 0 Å². The molecular weight excluding hydrogens is 431 g/mol. The van der Waals surface area contributed by atoms with Crippen molar-refractivity contribution in [2.75, 3.05) is 13.7 Å². The summed E-state index contributed by atoms with van der Waals surface area (Å²) in [6, 6.07) is 9.92. The summed E-state index contributed by atoms with van der Waals surface area (Å²) in [6.07, 6.45) is 6.20. The number of nitrogens with zero attached hydrogens (tertiary/aromatic N) is 1. The summed E-state index contributed by atoms with van der Waals surface area (Å²) in [4.78, 5) is 0. The summed E-state index contributed by atoms with van der Waals surface area (Å²) in [5.41, 5.74) is 1.43. The second-order valence-corrected chi connectivity index (χ2v) is 7.79. The highest BCUT2D eigenvalue weighted by atomic mass is 35.5. The molecule has 2 aromatic carbocycles. The molecule has 1 saturated carbocycles. The lowest BCUT2D eigenvalue weighted by atomic mass is 9.98. The first-order valence-corrected chi connectivity index (χ1v) is 10.7. The Bertz CT molecular complexity index is 1070. The maximum Gasteiger partial charge on any atom is 0.201 e. The van der Waals surface area contributed by atoms with Gasteiger partial charge < -0.3 is 14.8 Å². The molecule has 32 heavy (non-hydrogen) atoms. The molecule has 0 aromatic heterocycles. The van der Waals surface area contributed by atoms with Crippen molar-refractivity contribution >= 4 is 17.6 Å². The van der Waals surface area contributed by atoms with Gasteiger partial charge in [-0.05, 0) is 61.6 Å². The van der Waals surface area contributed by atoms with Crippen LogP contribution in [-0.2, 0) is 0 Å². The SMILES string of the molecule is COc1ccc(C(C#Cc2ccc(F)c(Cl)c2)CNC(=N)NC#N)cc1OC1CCCC1. The van der Waals surface area contributed by atoms with E-state index in [0.29, 0.717) is 17.1 Å². The molecule has 0 heterocycles. The standard InChI is InChI=1S/C24H24ClFN4O2/c1-31-22-11-9-17(13-23(22)32-19-4-2-3-5-19)18(14-29-24(28)30-15-27)8-6-16-7-10-21(26)20(25)12-16/h7,9-13,18-19H,2-5,14H2,1H3,(H3,28,29,30). The van der Waals surface area contributed by atoms with Crippen LogP contribution in [0.3, 0.4) is 0 Å². The van der Waals surface area contributed by atoms with Gasteiger partial charge in [0.2, 0.25) is 5.96 Å². The highest BCUT2D eigenvalue weighted by Crippen LogP contribution is 2.34. The Hall–Kier alpha value is -3.42. The normalized spacial score (nSPS) is 13.9. The van der Waals surface area contributed by atoms with Gasteiger partial charge in [0.25, 0.3) is 0 Å². The van der Waals surface area contributed by atoms with Crippen molar-refractivity contribution in [3.05, 3.63) is 58.4 Å². The van der Waals surface area contributed by atoms with Gasteiger partial charge in [-0.1, -0.05) is 29.5 Å². The summed E-state index contributed by atoms with van der Waals surface area (Å²) >= 11 is 5.87. The third-order valence-corrected chi connectivity index (χ3v) is 5.45. The van der Waals surface area contributed by atoms with Crippen LogP contribution >= 0.6 is 11.6 Å². The average molecular weight is 455 g/mol. The number of hydrogen-bond acceptors (Lipinski definition) is 4. The van der Waals surface area contributed by atoms with Crippen LogP contribution in [0.2, 0.25) is 5.02 Å². The molecule has 166 valence electrons. The first-order chi connectivity index (χ1) is 15.5. The van der Waals surface area contributed by atoms with Crippen molar-refractivity contribution in [1.29, 1.82) is 10.7 Å². The van der Waals surface area contributed by atoms with Gasteiger partial charge in [-0.25, -0.2) is 4.39 Å². The van der Waals surface area contributed by atoms with E-state index in [1.807, 2.05) is 18.2 Å². The summed E-state index contributed by atoms with van der Waals surface area (Å²) in [7, 11) is 1.60. The molecule has 1 fully saturated rings. The predicted octanol–water partition coefficient (Wildman–Crippen LogP) is 4.54. The third kappa shape index (κ3) is 6.29. The fourth-order valence-electron chi connectivity index (χ4n) is 3.49. The molecule has 3 rings (SSSR count). The number of halogens is 2. The maximum atomic E-state index is 13.5. The van der Waals surface area contributed by atoms with Gasteiger partial charge in [0, 0.05) is 12.1 Å². The van der Waals surface area contributed by atoms with Crippen molar-refractivity contribution in [2.45, 2.75) is 37.7 Å². The van der Waals surface area contributed by atoms with E-state index in [-0.39, 0.29) is 29.5 Å². The summed E-state index contributed by atoms with van der Waals surface area (Å²) in [5.74, 6) is 6.49. The zero-order chi connectivity index (χ0) is 22.9. The molecular formula is C24H24ClFN4O2. The number of benzene rings is 2. The minimum Gasteiger partial charge on any atom is -0.493 e. The fourth-order valence-corrected chi connectivity index (χ4v) is 3.67. The lowest BCUT2D eigenvalue weighted by Crippen LogP contribution is -2.35. The quantitative estimate of drug-likeness (QED) is 0.196. The van der Waals surface area contributed by atoms with Gasteiger partial charge in [0.05, 0.1) is 24.2 Å². The topological polar surface area (TPSA) is 90.2 Å². The van der Waals surface area contributed by atoms with Gasteiger partial charge in [0.1, 0.15) is 5.82 Å². The van der Waals surface area contributed by atoms with Gasteiger partial charge in [-0.2, -0.15) is 5.26 Å². The van der Waals surface area contributed by atoms with E-state index in [2.05, 4.69) is 22.5 Å². The minimum absolute atomic E-state index is 0.00294. The van der Waals surface area contributed by atoms with Crippen LogP contribution in [0.4, 0.5) is 4.39 Å². The Kier molecular flexibility index (Phi) is 8.19. The predicted molar refractivity (Wildman–Crippen MR) is 121 cm³/mol. The van der Waals surface area contributed by atoms with E-state index in [1.54, 1.807) is 19.4 Å². The highest BCUT2D eigenvalue weighted by molar-refractivity contribution is 6.30. The Morgan fingerprint density at radius 2 is 2.03 bits per heavy atom. The lowest BCUT2D eigenvalue weighted by Gasteiger charge is -2.19. The molecule has 0 amide bonds. The fraction of sp³-hybridized carbons (Fsp3) is 0.333. The maximum absolute atomic E-state index is 13.5. The van der Waals surface area contributed by atoms with Crippen molar-refractivity contribution < 1.29 is 13.9 Å². The lowest BCUT2D eigenvalue weighted by molar-refractivity contribution is 0.200. The second-order valence-electron chi connectivity index (χ2n) is 7.38. The number of hydrogen-bond donors (Lipinski definition) is 3. The zero-order valence-corrected chi connectivity index (χ0v) is 18.4. The minimum atomic E-state index is -0.504. The molecule has 0 bridgehead atoms. The molecule has 0 aliphatic heterocycles. The molecule has 8 heteroatoms. The second kappa shape index (κ2) is 11.3. The third-order valence-electron chi connectivity index (χ3n) is 5.16. The van der Waals surface area contributed by atoms with E-state index in [4.69, 9.17) is 31.7 Å². The summed E-state index contributed by atoms with van der Waals surface area (Å²) in [6.45, 7) is 0.268.